The van der Waals surface area contributed by atoms with E-state index in [4.69, 9.17) is 4.74 Å². The molecule has 0 aromatic heterocycles. The number of amides is 4. The second-order valence-corrected chi connectivity index (χ2v) is 7.91. The SMILES string of the molecule is COC(=O)c1ccc(NC(=O)N2CC(N(C(=O)NC(C)C)C3CCOCC3)C2)cc1. The number of nitrogens with zero attached hydrogens (tertiary/aromatic N) is 2. The van der Waals surface area contributed by atoms with Crippen molar-refractivity contribution in [1.29, 1.82) is 0 Å². The summed E-state index contributed by atoms with van der Waals surface area (Å²) in [6, 6.07) is 6.36. The molecule has 1 aromatic carbocycles. The number of esters is 1. The largest absolute Gasteiger partial charge is 0.465 e. The van der Waals surface area contributed by atoms with Crippen molar-refractivity contribution in [3.8, 4) is 0 Å². The molecule has 0 saturated carbocycles. The van der Waals surface area contributed by atoms with Crippen LogP contribution in [0.3, 0.4) is 0 Å². The summed E-state index contributed by atoms with van der Waals surface area (Å²) in [5.74, 6) is -0.425. The second-order valence-electron chi connectivity index (χ2n) is 7.91. The van der Waals surface area contributed by atoms with Crippen LogP contribution in [0.1, 0.15) is 37.0 Å². The van der Waals surface area contributed by atoms with Crippen LogP contribution in [0, 0.1) is 0 Å². The van der Waals surface area contributed by atoms with E-state index in [1.165, 1.54) is 7.11 Å². The predicted molar refractivity (Wildman–Crippen MR) is 112 cm³/mol. The third kappa shape index (κ3) is 5.21. The molecule has 2 aliphatic heterocycles. The molecule has 164 valence electrons. The number of nitrogens with one attached hydrogen (secondary N) is 2. The normalized spacial score (nSPS) is 17.3. The molecular formula is C21H30N4O5. The summed E-state index contributed by atoms with van der Waals surface area (Å²) >= 11 is 0. The summed E-state index contributed by atoms with van der Waals surface area (Å²) in [5, 5.41) is 5.81. The standard InChI is InChI=1S/C21H30N4O5/c1-14(2)22-21(28)25(17-8-10-30-11-9-17)18-12-24(13-18)20(27)23-16-6-4-15(5-7-16)19(26)29-3/h4-7,14,17-18H,8-13H2,1-3H3,(H,22,28)(H,23,27). The number of benzene rings is 1. The topological polar surface area (TPSA) is 100 Å². The van der Waals surface area contributed by atoms with E-state index in [0.717, 1.165) is 12.8 Å². The summed E-state index contributed by atoms with van der Waals surface area (Å²) in [6.45, 7) is 6.13. The minimum Gasteiger partial charge on any atom is -0.465 e. The van der Waals surface area contributed by atoms with Gasteiger partial charge in [-0.2, -0.15) is 0 Å². The Balaban J connectivity index is 1.57. The van der Waals surface area contributed by atoms with Crippen LogP contribution < -0.4 is 10.6 Å². The van der Waals surface area contributed by atoms with Gasteiger partial charge in [0.15, 0.2) is 0 Å². The van der Waals surface area contributed by atoms with E-state index in [1.54, 1.807) is 29.2 Å². The zero-order chi connectivity index (χ0) is 21.7. The molecule has 9 heteroatoms. The molecule has 2 fully saturated rings. The lowest BCUT2D eigenvalue weighted by Gasteiger charge is -2.48. The maximum Gasteiger partial charge on any atom is 0.337 e. The molecule has 0 aliphatic carbocycles. The number of carbonyl (C=O) groups is 3. The molecule has 1 aromatic rings. The summed E-state index contributed by atoms with van der Waals surface area (Å²) in [7, 11) is 1.32. The number of methoxy groups -OCH3 is 1. The highest BCUT2D eigenvalue weighted by Crippen LogP contribution is 2.24. The minimum atomic E-state index is -0.425. The van der Waals surface area contributed by atoms with Gasteiger partial charge in [-0.1, -0.05) is 0 Å². The van der Waals surface area contributed by atoms with Gasteiger partial charge in [0.25, 0.3) is 0 Å². The van der Waals surface area contributed by atoms with Gasteiger partial charge in [-0.3, -0.25) is 0 Å². The predicted octanol–water partition coefficient (Wildman–Crippen LogP) is 2.29. The van der Waals surface area contributed by atoms with E-state index in [9.17, 15) is 14.4 Å². The average molecular weight is 418 g/mol. The number of urea groups is 2. The van der Waals surface area contributed by atoms with Crippen molar-refractivity contribution in [2.24, 2.45) is 0 Å². The first kappa shape index (κ1) is 21.9. The van der Waals surface area contributed by atoms with E-state index in [0.29, 0.717) is 37.6 Å². The molecule has 0 unspecified atom stereocenters. The lowest BCUT2D eigenvalue weighted by atomic mass is 10.0. The molecule has 30 heavy (non-hydrogen) atoms. The Hall–Kier alpha value is -2.81. The zero-order valence-corrected chi connectivity index (χ0v) is 17.7. The molecule has 0 spiro atoms. The Bertz CT molecular complexity index is 755. The summed E-state index contributed by atoms with van der Waals surface area (Å²) < 4.78 is 10.1. The first-order chi connectivity index (χ1) is 14.4. The van der Waals surface area contributed by atoms with Gasteiger partial charge in [-0.05, 0) is 51.0 Å². The van der Waals surface area contributed by atoms with Gasteiger partial charge >= 0.3 is 18.0 Å². The van der Waals surface area contributed by atoms with Gasteiger partial charge in [0.2, 0.25) is 0 Å². The van der Waals surface area contributed by atoms with Crippen LogP contribution in [0.2, 0.25) is 0 Å². The molecule has 0 bridgehead atoms. The maximum atomic E-state index is 12.8. The van der Waals surface area contributed by atoms with E-state index >= 15 is 0 Å². The van der Waals surface area contributed by atoms with E-state index in [1.807, 2.05) is 18.7 Å². The highest BCUT2D eigenvalue weighted by atomic mass is 16.5. The zero-order valence-electron chi connectivity index (χ0n) is 17.7. The number of hydrogen-bond acceptors (Lipinski definition) is 5. The van der Waals surface area contributed by atoms with Gasteiger partial charge in [0, 0.05) is 44.1 Å². The van der Waals surface area contributed by atoms with Gasteiger partial charge in [-0.25, -0.2) is 14.4 Å². The number of ether oxygens (including phenoxy) is 2. The highest BCUT2D eigenvalue weighted by Gasteiger charge is 2.41. The molecule has 0 radical (unpaired) electrons. The smallest absolute Gasteiger partial charge is 0.337 e. The lowest BCUT2D eigenvalue weighted by Crippen LogP contribution is -2.67. The Morgan fingerprint density at radius 3 is 2.30 bits per heavy atom. The molecule has 2 saturated heterocycles. The van der Waals surface area contributed by atoms with Crippen molar-refractivity contribution in [3.63, 3.8) is 0 Å². The van der Waals surface area contributed by atoms with Gasteiger partial charge in [0.1, 0.15) is 0 Å². The number of carbonyl (C=O) groups excluding carboxylic acids is 3. The molecule has 4 amide bonds. The molecule has 3 rings (SSSR count). The molecular weight excluding hydrogens is 388 g/mol. The van der Waals surface area contributed by atoms with Crippen LogP contribution in [-0.2, 0) is 9.47 Å². The summed E-state index contributed by atoms with van der Waals surface area (Å²) in [4.78, 5) is 40.4. The molecule has 2 N–H and O–H groups in total. The molecule has 9 nitrogen and oxygen atoms in total. The second kappa shape index (κ2) is 9.80. The first-order valence-electron chi connectivity index (χ1n) is 10.3. The Kier molecular flexibility index (Phi) is 7.15. The van der Waals surface area contributed by atoms with Gasteiger partial charge in [0.05, 0.1) is 18.7 Å². The number of hydrogen-bond donors (Lipinski definition) is 2. The Labute approximate surface area is 176 Å². The summed E-state index contributed by atoms with van der Waals surface area (Å²) in [5.41, 5.74) is 1.01. The molecule has 0 atom stereocenters. The fourth-order valence-corrected chi connectivity index (χ4v) is 3.72. The molecule has 2 aliphatic rings. The first-order valence-corrected chi connectivity index (χ1v) is 10.3. The third-order valence-corrected chi connectivity index (χ3v) is 5.33. The third-order valence-electron chi connectivity index (χ3n) is 5.33. The van der Waals surface area contributed by atoms with Gasteiger partial charge in [-0.15, -0.1) is 0 Å². The quantitative estimate of drug-likeness (QED) is 0.715. The van der Waals surface area contributed by atoms with Crippen molar-refractivity contribution in [3.05, 3.63) is 29.8 Å². The Morgan fingerprint density at radius 2 is 1.73 bits per heavy atom. The van der Waals surface area contributed by atoms with Crippen LogP contribution in [0.5, 0.6) is 0 Å². The number of likely N-dealkylation sites (tertiary alicyclic amines) is 1. The monoisotopic (exact) mass is 418 g/mol. The number of anilines is 1. The highest BCUT2D eigenvalue weighted by molar-refractivity contribution is 5.92. The molecule has 2 heterocycles. The van der Waals surface area contributed by atoms with E-state index in [2.05, 4.69) is 15.4 Å². The van der Waals surface area contributed by atoms with Crippen molar-refractivity contribution >= 4 is 23.7 Å². The summed E-state index contributed by atoms with van der Waals surface area (Å²) in [6.07, 6.45) is 1.61. The van der Waals surface area contributed by atoms with Crippen molar-refractivity contribution in [2.75, 3.05) is 38.7 Å². The average Bonchev–Trinajstić information content (AvgIpc) is 2.70. The van der Waals surface area contributed by atoms with Gasteiger partial charge < -0.3 is 29.9 Å². The maximum absolute atomic E-state index is 12.8. The number of rotatable bonds is 5. The van der Waals surface area contributed by atoms with Crippen LogP contribution in [0.15, 0.2) is 24.3 Å². The van der Waals surface area contributed by atoms with Crippen molar-refractivity contribution in [1.82, 2.24) is 15.1 Å². The lowest BCUT2D eigenvalue weighted by molar-refractivity contribution is 0.00368. The van der Waals surface area contributed by atoms with Crippen LogP contribution in [0.25, 0.3) is 0 Å². The van der Waals surface area contributed by atoms with Crippen LogP contribution in [0.4, 0.5) is 15.3 Å². The van der Waals surface area contributed by atoms with Crippen LogP contribution >= 0.6 is 0 Å². The van der Waals surface area contributed by atoms with Crippen molar-refractivity contribution in [2.45, 2.75) is 44.8 Å². The van der Waals surface area contributed by atoms with E-state index in [-0.39, 0.29) is 30.2 Å². The Morgan fingerprint density at radius 1 is 1.10 bits per heavy atom. The fourth-order valence-electron chi connectivity index (χ4n) is 3.72. The van der Waals surface area contributed by atoms with Crippen molar-refractivity contribution < 1.29 is 23.9 Å². The minimum absolute atomic E-state index is 0.0145. The van der Waals surface area contributed by atoms with E-state index < -0.39 is 5.97 Å². The van der Waals surface area contributed by atoms with Crippen LogP contribution in [-0.4, -0.2) is 79.4 Å². The fraction of sp³-hybridized carbons (Fsp3) is 0.571.